The van der Waals surface area contributed by atoms with Gasteiger partial charge in [0.1, 0.15) is 16.9 Å². The number of hydrogen-bond donors (Lipinski definition) is 4. The summed E-state index contributed by atoms with van der Waals surface area (Å²) in [5.74, 6) is -0.139. The number of amides is 1. The van der Waals surface area contributed by atoms with Crippen molar-refractivity contribution in [1.82, 2.24) is 9.88 Å². The summed E-state index contributed by atoms with van der Waals surface area (Å²) in [6, 6.07) is 12.4. The van der Waals surface area contributed by atoms with E-state index in [4.69, 9.17) is 11.1 Å². The Hall–Kier alpha value is -2.92. The quantitative estimate of drug-likeness (QED) is 0.323. The number of thiazole rings is 1. The van der Waals surface area contributed by atoms with Crippen molar-refractivity contribution in [2.24, 2.45) is 5.73 Å². The fourth-order valence-corrected chi connectivity index (χ4v) is 5.51. The van der Waals surface area contributed by atoms with Crippen LogP contribution in [0.5, 0.6) is 0 Å². The first-order chi connectivity index (χ1) is 15.4. The highest BCUT2D eigenvalue weighted by molar-refractivity contribution is 7.93. The molecule has 2 heterocycles. The van der Waals surface area contributed by atoms with Gasteiger partial charge in [-0.05, 0) is 49.2 Å². The predicted molar refractivity (Wildman–Crippen MR) is 127 cm³/mol. The van der Waals surface area contributed by atoms with Crippen molar-refractivity contribution in [3.8, 4) is 0 Å². The number of anilines is 1. The van der Waals surface area contributed by atoms with Gasteiger partial charge in [0.25, 0.3) is 5.91 Å². The maximum atomic E-state index is 12.9. The number of nitrogens with two attached hydrogens (primary N) is 1. The van der Waals surface area contributed by atoms with Gasteiger partial charge in [-0.3, -0.25) is 4.79 Å². The molecule has 0 spiro atoms. The van der Waals surface area contributed by atoms with Crippen LogP contribution in [0.2, 0.25) is 0 Å². The molecule has 4 rings (SSSR count). The van der Waals surface area contributed by atoms with E-state index in [2.05, 4.69) is 9.71 Å². The summed E-state index contributed by atoms with van der Waals surface area (Å²) in [4.78, 5) is 19.4. The number of nitrogens with one attached hydrogen (secondary N) is 2. The standard InChI is InChI=1S/C22H23N5O3S2/c23-12-16(13-24)22(29)8-10-27(11-9-22)21(28)15-4-6-17(7-5-15)26-32(30)19-3-1-2-18-20(19)25-14-31-18/h1-7,12-14,23,26,29H,8-11,24H2/b16-13+,23-12?. The summed E-state index contributed by atoms with van der Waals surface area (Å²) in [6.45, 7) is 0.727. The van der Waals surface area contributed by atoms with E-state index in [0.717, 1.165) is 16.4 Å². The van der Waals surface area contributed by atoms with Crippen LogP contribution in [0.1, 0.15) is 23.2 Å². The molecule has 5 N–H and O–H groups in total. The van der Waals surface area contributed by atoms with E-state index in [1.165, 1.54) is 17.5 Å². The lowest BCUT2D eigenvalue weighted by molar-refractivity contribution is 0.0147. The zero-order valence-electron chi connectivity index (χ0n) is 17.2. The Labute approximate surface area is 192 Å². The normalized spacial score (nSPS) is 17.2. The molecule has 1 fully saturated rings. The van der Waals surface area contributed by atoms with Crippen molar-refractivity contribution in [2.45, 2.75) is 23.3 Å². The summed E-state index contributed by atoms with van der Waals surface area (Å²) >= 11 is 0.00925. The molecular formula is C22H23N5O3S2. The number of aliphatic hydroxyl groups is 1. The molecular weight excluding hydrogens is 446 g/mol. The Bertz CT molecular complexity index is 1150. The predicted octanol–water partition coefficient (Wildman–Crippen LogP) is 2.89. The first-order valence-electron chi connectivity index (χ1n) is 10.0. The number of likely N-dealkylation sites (tertiary alicyclic amines) is 1. The number of benzene rings is 2. The highest BCUT2D eigenvalue weighted by atomic mass is 32.2. The van der Waals surface area contributed by atoms with E-state index < -0.39 is 17.0 Å². The number of carbonyl (C=O) groups excluding carboxylic acids is 1. The van der Waals surface area contributed by atoms with Gasteiger partial charge in [0.2, 0.25) is 4.90 Å². The van der Waals surface area contributed by atoms with E-state index in [-0.39, 0.29) is 5.91 Å². The Balaban J connectivity index is 1.40. The number of fused-ring (bicyclic) bond motifs is 1. The van der Waals surface area contributed by atoms with Gasteiger partial charge in [0, 0.05) is 36.6 Å². The van der Waals surface area contributed by atoms with Crippen molar-refractivity contribution in [3.05, 3.63) is 65.3 Å². The van der Waals surface area contributed by atoms with Crippen LogP contribution in [0.4, 0.5) is 5.69 Å². The van der Waals surface area contributed by atoms with E-state index in [9.17, 15) is 14.5 Å². The molecule has 1 unspecified atom stereocenters. The van der Waals surface area contributed by atoms with Crippen LogP contribution in [-0.4, -0.2) is 50.4 Å². The van der Waals surface area contributed by atoms with Crippen molar-refractivity contribution >= 4 is 50.7 Å². The lowest BCUT2D eigenvalue weighted by Crippen LogP contribution is -2.48. The Morgan fingerprint density at radius 2 is 2.00 bits per heavy atom. The molecule has 10 heteroatoms. The largest absolute Gasteiger partial charge is 0.588 e. The average Bonchev–Trinajstić information content (AvgIpc) is 3.29. The fourth-order valence-electron chi connectivity index (χ4n) is 3.74. The molecule has 1 amide bonds. The van der Waals surface area contributed by atoms with Gasteiger partial charge in [-0.2, -0.15) is 0 Å². The topological polar surface area (TPSA) is 138 Å². The van der Waals surface area contributed by atoms with Gasteiger partial charge >= 0.3 is 0 Å². The molecule has 0 radical (unpaired) electrons. The summed E-state index contributed by atoms with van der Waals surface area (Å²) in [6.07, 6.45) is 2.94. The molecule has 1 saturated heterocycles. The second kappa shape index (κ2) is 9.29. The van der Waals surface area contributed by atoms with Gasteiger partial charge in [-0.1, -0.05) is 6.07 Å². The van der Waals surface area contributed by atoms with Crippen molar-refractivity contribution < 1.29 is 14.5 Å². The third-order valence-electron chi connectivity index (χ3n) is 5.62. The zero-order chi connectivity index (χ0) is 22.7. The highest BCUT2D eigenvalue weighted by Gasteiger charge is 2.36. The van der Waals surface area contributed by atoms with E-state index in [0.29, 0.717) is 47.7 Å². The van der Waals surface area contributed by atoms with E-state index >= 15 is 0 Å². The number of nitrogens with zero attached hydrogens (tertiary/aromatic N) is 2. The second-order valence-electron chi connectivity index (χ2n) is 7.49. The summed E-state index contributed by atoms with van der Waals surface area (Å²) in [7, 11) is 0. The molecule has 1 aromatic heterocycles. The van der Waals surface area contributed by atoms with Crippen molar-refractivity contribution in [1.29, 1.82) is 5.41 Å². The lowest BCUT2D eigenvalue weighted by Gasteiger charge is -2.38. The third kappa shape index (κ3) is 4.35. The van der Waals surface area contributed by atoms with Crippen LogP contribution in [0.3, 0.4) is 0 Å². The molecule has 3 aromatic rings. The molecule has 2 aromatic carbocycles. The van der Waals surface area contributed by atoms with Crippen LogP contribution in [0.15, 0.2) is 64.6 Å². The summed E-state index contributed by atoms with van der Waals surface area (Å²) in [5.41, 5.74) is 8.28. The van der Waals surface area contributed by atoms with Crippen LogP contribution >= 0.6 is 11.3 Å². The van der Waals surface area contributed by atoms with Gasteiger partial charge in [0.15, 0.2) is 0 Å². The van der Waals surface area contributed by atoms with Crippen LogP contribution in [-0.2, 0) is 11.4 Å². The number of carbonyl (C=O) groups is 1. The summed E-state index contributed by atoms with van der Waals surface area (Å²) < 4.78 is 16.7. The Morgan fingerprint density at radius 1 is 1.28 bits per heavy atom. The number of aromatic nitrogens is 1. The van der Waals surface area contributed by atoms with E-state index in [1.54, 1.807) is 40.7 Å². The molecule has 1 atom stereocenters. The molecule has 0 bridgehead atoms. The molecule has 1 aliphatic heterocycles. The average molecular weight is 470 g/mol. The maximum Gasteiger partial charge on any atom is 0.253 e. The number of hydrogen-bond acceptors (Lipinski definition) is 8. The van der Waals surface area contributed by atoms with Crippen LogP contribution in [0.25, 0.3) is 10.2 Å². The van der Waals surface area contributed by atoms with Gasteiger partial charge in [-0.25, -0.2) is 9.71 Å². The smallest absolute Gasteiger partial charge is 0.253 e. The molecule has 166 valence electrons. The van der Waals surface area contributed by atoms with Crippen LogP contribution < -0.4 is 10.5 Å². The number of piperidine rings is 1. The Kier molecular flexibility index (Phi) is 6.47. The second-order valence-corrected chi connectivity index (χ2v) is 9.56. The number of para-hydroxylation sites is 1. The summed E-state index contributed by atoms with van der Waals surface area (Å²) in [5, 5.41) is 18.1. The molecule has 1 aliphatic rings. The lowest BCUT2D eigenvalue weighted by atomic mass is 9.84. The van der Waals surface area contributed by atoms with Crippen LogP contribution in [0, 0.1) is 5.41 Å². The number of rotatable bonds is 6. The van der Waals surface area contributed by atoms with Crippen molar-refractivity contribution in [2.75, 3.05) is 17.8 Å². The van der Waals surface area contributed by atoms with Gasteiger partial charge in [-0.15, -0.1) is 11.3 Å². The fraction of sp³-hybridized carbons (Fsp3) is 0.227. The Morgan fingerprint density at radius 3 is 2.66 bits per heavy atom. The SMILES string of the molecule is N=C/C(=C\N)C1(O)CCN(C(=O)c2ccc(N[S+]([O-])c3cccc4scnc34)cc2)CC1. The minimum Gasteiger partial charge on any atom is -0.588 e. The maximum absolute atomic E-state index is 12.9. The first-order valence-corrected chi connectivity index (χ1v) is 12.0. The first kappa shape index (κ1) is 22.3. The zero-order valence-corrected chi connectivity index (χ0v) is 18.8. The third-order valence-corrected chi connectivity index (χ3v) is 7.56. The van der Waals surface area contributed by atoms with Gasteiger partial charge < -0.3 is 25.7 Å². The minimum absolute atomic E-state index is 0.139. The minimum atomic E-state index is -1.49. The van der Waals surface area contributed by atoms with E-state index in [1.807, 2.05) is 12.1 Å². The van der Waals surface area contributed by atoms with Crippen molar-refractivity contribution in [3.63, 3.8) is 0 Å². The molecule has 8 nitrogen and oxygen atoms in total. The monoisotopic (exact) mass is 469 g/mol. The molecule has 0 aliphatic carbocycles. The molecule has 0 saturated carbocycles. The molecule has 32 heavy (non-hydrogen) atoms. The van der Waals surface area contributed by atoms with Gasteiger partial charge in [0.05, 0.1) is 21.5 Å². The highest BCUT2D eigenvalue weighted by Crippen LogP contribution is 2.30.